The average molecular weight is 378 g/mol. The van der Waals surface area contributed by atoms with Gasteiger partial charge in [0.25, 0.3) is 0 Å². The third-order valence-electron chi connectivity index (χ3n) is 4.06. The van der Waals surface area contributed by atoms with Gasteiger partial charge in [-0.15, -0.1) is 0 Å². The molecule has 3 atom stereocenters. The summed E-state index contributed by atoms with van der Waals surface area (Å²) in [4.78, 5) is 36.4. The Hall–Kier alpha value is -2.57. The fraction of sp³-hybridized carbons (Fsp3) is 0.550. The second-order valence-electron chi connectivity index (χ2n) is 7.60. The van der Waals surface area contributed by atoms with Crippen LogP contribution in [0.1, 0.15) is 46.6 Å². The molecule has 0 saturated carbocycles. The van der Waals surface area contributed by atoms with Crippen molar-refractivity contribution < 1.29 is 24.2 Å². The van der Waals surface area contributed by atoms with Crippen LogP contribution in [0.2, 0.25) is 0 Å². The van der Waals surface area contributed by atoms with Crippen LogP contribution in [-0.4, -0.2) is 40.8 Å². The lowest BCUT2D eigenvalue weighted by Crippen LogP contribution is -2.55. The predicted molar refractivity (Wildman–Crippen MR) is 102 cm³/mol. The second kappa shape index (κ2) is 9.94. The number of carbonyl (C=O) groups is 3. The summed E-state index contributed by atoms with van der Waals surface area (Å²) >= 11 is 0. The van der Waals surface area contributed by atoms with Crippen molar-refractivity contribution in [1.29, 1.82) is 0 Å². The number of carboxylic acids is 1. The number of aliphatic carboxylic acids is 1. The minimum atomic E-state index is -1.13. The summed E-state index contributed by atoms with van der Waals surface area (Å²) in [5.41, 5.74) is 0.0997. The number of rotatable bonds is 8. The molecule has 0 bridgehead atoms. The Morgan fingerprint density at radius 2 is 1.70 bits per heavy atom. The molecule has 3 N–H and O–H groups in total. The van der Waals surface area contributed by atoms with Crippen LogP contribution >= 0.6 is 0 Å². The Morgan fingerprint density at radius 1 is 1.11 bits per heavy atom. The summed E-state index contributed by atoms with van der Waals surface area (Å²) in [5, 5.41) is 14.6. The van der Waals surface area contributed by atoms with Crippen LogP contribution in [0, 0.1) is 5.92 Å². The van der Waals surface area contributed by atoms with Gasteiger partial charge in [-0.05, 0) is 32.3 Å². The Labute approximate surface area is 160 Å². The average Bonchev–Trinajstić information content (AvgIpc) is 2.57. The van der Waals surface area contributed by atoms with Gasteiger partial charge in [0.15, 0.2) is 0 Å². The van der Waals surface area contributed by atoms with E-state index in [1.54, 1.807) is 32.9 Å². The number of hydrogen-bond donors (Lipinski definition) is 3. The highest BCUT2D eigenvalue weighted by Gasteiger charge is 2.31. The van der Waals surface area contributed by atoms with Gasteiger partial charge < -0.3 is 20.5 Å². The minimum Gasteiger partial charge on any atom is -0.480 e. The highest BCUT2D eigenvalue weighted by molar-refractivity contribution is 5.89. The van der Waals surface area contributed by atoms with Gasteiger partial charge in [0, 0.05) is 6.42 Å². The fourth-order valence-electron chi connectivity index (χ4n) is 2.45. The van der Waals surface area contributed by atoms with Crippen LogP contribution in [0.3, 0.4) is 0 Å². The van der Waals surface area contributed by atoms with E-state index in [2.05, 4.69) is 10.6 Å². The molecule has 7 heteroatoms. The molecule has 0 spiro atoms. The Balaban J connectivity index is 2.86. The van der Waals surface area contributed by atoms with Crippen molar-refractivity contribution in [2.24, 2.45) is 5.92 Å². The molecule has 0 radical (unpaired) electrons. The zero-order valence-electron chi connectivity index (χ0n) is 16.6. The summed E-state index contributed by atoms with van der Waals surface area (Å²) in [6.45, 7) is 8.89. The van der Waals surface area contributed by atoms with Gasteiger partial charge in [-0.2, -0.15) is 0 Å². The Kier molecular flexibility index (Phi) is 8.28. The molecule has 0 aliphatic heterocycles. The number of carbonyl (C=O) groups excluding carboxylic acids is 2. The van der Waals surface area contributed by atoms with Gasteiger partial charge in [0.1, 0.15) is 17.7 Å². The molecule has 0 saturated heterocycles. The van der Waals surface area contributed by atoms with Gasteiger partial charge in [-0.3, -0.25) is 4.79 Å². The van der Waals surface area contributed by atoms with Crippen LogP contribution in [0.15, 0.2) is 30.3 Å². The van der Waals surface area contributed by atoms with Crippen molar-refractivity contribution in [3.63, 3.8) is 0 Å². The van der Waals surface area contributed by atoms with Gasteiger partial charge in [0.2, 0.25) is 5.91 Å². The first-order valence-corrected chi connectivity index (χ1v) is 9.10. The molecule has 0 fully saturated rings. The van der Waals surface area contributed by atoms with Crippen molar-refractivity contribution in [3.05, 3.63) is 35.9 Å². The molecule has 27 heavy (non-hydrogen) atoms. The smallest absolute Gasteiger partial charge is 0.408 e. The minimum absolute atomic E-state index is 0.154. The van der Waals surface area contributed by atoms with Crippen molar-refractivity contribution in [3.8, 4) is 0 Å². The van der Waals surface area contributed by atoms with E-state index in [4.69, 9.17) is 4.74 Å². The monoisotopic (exact) mass is 378 g/mol. The molecule has 1 rings (SSSR count). The van der Waals surface area contributed by atoms with Crippen molar-refractivity contribution in [2.75, 3.05) is 0 Å². The molecule has 150 valence electrons. The van der Waals surface area contributed by atoms with E-state index in [0.29, 0.717) is 6.42 Å². The first-order chi connectivity index (χ1) is 12.5. The standard InChI is InChI=1S/C20H30N2O5/c1-6-13(2)16(22-19(26)27-20(3,4)5)17(23)21-15(18(24)25)12-14-10-8-7-9-11-14/h7-11,13,15-16H,6,12H2,1-5H3,(H,21,23)(H,22,26)(H,24,25)/t13-,15+,16-/m1/s1. The van der Waals surface area contributed by atoms with E-state index in [1.165, 1.54) is 0 Å². The van der Waals surface area contributed by atoms with E-state index >= 15 is 0 Å². The number of carboxylic acid groups (broad SMARTS) is 1. The summed E-state index contributed by atoms with van der Waals surface area (Å²) in [6, 6.07) is 7.07. The van der Waals surface area contributed by atoms with E-state index < -0.39 is 35.7 Å². The van der Waals surface area contributed by atoms with E-state index in [1.807, 2.05) is 32.0 Å². The fourth-order valence-corrected chi connectivity index (χ4v) is 2.45. The third-order valence-corrected chi connectivity index (χ3v) is 4.06. The van der Waals surface area contributed by atoms with Crippen LogP contribution in [0.25, 0.3) is 0 Å². The quantitative estimate of drug-likeness (QED) is 0.645. The molecular formula is C20H30N2O5. The van der Waals surface area contributed by atoms with Gasteiger partial charge in [-0.25, -0.2) is 9.59 Å². The zero-order chi connectivity index (χ0) is 20.6. The van der Waals surface area contributed by atoms with E-state index in [0.717, 1.165) is 5.56 Å². The molecule has 1 aromatic carbocycles. The summed E-state index contributed by atoms with van der Waals surface area (Å²) in [6.07, 6.45) is 0.0733. The van der Waals surface area contributed by atoms with Crippen molar-refractivity contribution >= 4 is 18.0 Å². The molecule has 0 unspecified atom stereocenters. The van der Waals surface area contributed by atoms with Gasteiger partial charge >= 0.3 is 12.1 Å². The third kappa shape index (κ3) is 8.11. The first kappa shape index (κ1) is 22.5. The molecule has 2 amide bonds. The second-order valence-corrected chi connectivity index (χ2v) is 7.60. The molecular weight excluding hydrogens is 348 g/mol. The van der Waals surface area contributed by atoms with E-state index in [-0.39, 0.29) is 12.3 Å². The lowest BCUT2D eigenvalue weighted by Gasteiger charge is -2.27. The van der Waals surface area contributed by atoms with Crippen LogP contribution in [0.5, 0.6) is 0 Å². The van der Waals surface area contributed by atoms with Crippen LogP contribution < -0.4 is 10.6 Å². The zero-order valence-corrected chi connectivity index (χ0v) is 16.6. The first-order valence-electron chi connectivity index (χ1n) is 9.10. The number of alkyl carbamates (subject to hydrolysis) is 1. The largest absolute Gasteiger partial charge is 0.480 e. The predicted octanol–water partition coefficient (Wildman–Crippen LogP) is 2.74. The number of ether oxygens (including phenoxy) is 1. The van der Waals surface area contributed by atoms with Crippen LogP contribution in [-0.2, 0) is 20.7 Å². The van der Waals surface area contributed by atoms with Gasteiger partial charge in [-0.1, -0.05) is 50.6 Å². The maximum absolute atomic E-state index is 12.7. The molecule has 0 heterocycles. The molecule has 7 nitrogen and oxygen atoms in total. The molecule has 0 aliphatic carbocycles. The highest BCUT2D eigenvalue weighted by Crippen LogP contribution is 2.12. The topological polar surface area (TPSA) is 105 Å². The lowest BCUT2D eigenvalue weighted by atomic mass is 9.97. The Morgan fingerprint density at radius 3 is 2.19 bits per heavy atom. The number of benzene rings is 1. The molecule has 0 aliphatic rings. The Bertz CT molecular complexity index is 640. The normalized spacial score (nSPS) is 14.6. The molecule has 1 aromatic rings. The maximum atomic E-state index is 12.7. The number of amides is 2. The van der Waals surface area contributed by atoms with E-state index in [9.17, 15) is 19.5 Å². The molecule has 0 aromatic heterocycles. The lowest BCUT2D eigenvalue weighted by molar-refractivity contribution is -0.142. The maximum Gasteiger partial charge on any atom is 0.408 e. The van der Waals surface area contributed by atoms with Crippen molar-refractivity contribution in [2.45, 2.75) is 65.1 Å². The van der Waals surface area contributed by atoms with Crippen molar-refractivity contribution in [1.82, 2.24) is 10.6 Å². The highest BCUT2D eigenvalue weighted by atomic mass is 16.6. The summed E-state index contributed by atoms with van der Waals surface area (Å²) < 4.78 is 5.21. The summed E-state index contributed by atoms with van der Waals surface area (Å²) in [7, 11) is 0. The number of hydrogen-bond acceptors (Lipinski definition) is 4. The van der Waals surface area contributed by atoms with Gasteiger partial charge in [0.05, 0.1) is 0 Å². The summed E-state index contributed by atoms with van der Waals surface area (Å²) in [5.74, 6) is -1.87. The van der Waals surface area contributed by atoms with Crippen LogP contribution in [0.4, 0.5) is 4.79 Å². The number of nitrogens with one attached hydrogen (secondary N) is 2. The SMILES string of the molecule is CC[C@@H](C)[C@@H](NC(=O)OC(C)(C)C)C(=O)N[C@@H](Cc1ccccc1)C(=O)O.